The molecule has 0 spiro atoms. The maximum absolute atomic E-state index is 12.2. The highest BCUT2D eigenvalue weighted by molar-refractivity contribution is 7.92. The van der Waals surface area contributed by atoms with Gasteiger partial charge in [0.1, 0.15) is 12.4 Å². The third-order valence-corrected chi connectivity index (χ3v) is 6.82. The lowest BCUT2D eigenvalue weighted by molar-refractivity contribution is 0.323. The van der Waals surface area contributed by atoms with Crippen LogP contribution in [0.2, 0.25) is 0 Å². The standard InChI is InChI=1S/C18H29N3O3S/c1-5-19-17(21-10-12-25(22,23)18(3,4)14-21)20-9-11-24-16-8-6-7-15(2)13-16/h6-8,13H,5,9-12,14H2,1-4H3,(H,19,20). The van der Waals surface area contributed by atoms with Crippen LogP contribution in [-0.2, 0) is 9.84 Å². The Bertz CT molecular complexity index is 714. The van der Waals surface area contributed by atoms with Gasteiger partial charge in [-0.05, 0) is 45.4 Å². The van der Waals surface area contributed by atoms with E-state index in [1.54, 1.807) is 13.8 Å². The molecule has 6 nitrogen and oxygen atoms in total. The van der Waals surface area contributed by atoms with E-state index in [1.807, 2.05) is 43.0 Å². The van der Waals surface area contributed by atoms with E-state index in [-0.39, 0.29) is 5.75 Å². The smallest absolute Gasteiger partial charge is 0.194 e. The minimum atomic E-state index is -3.06. The summed E-state index contributed by atoms with van der Waals surface area (Å²) < 4.78 is 29.3. The Kier molecular flexibility index (Phi) is 6.32. The minimum absolute atomic E-state index is 0.157. The second-order valence-electron chi connectivity index (χ2n) is 6.90. The maximum Gasteiger partial charge on any atom is 0.194 e. The third-order valence-electron chi connectivity index (χ3n) is 4.29. The summed E-state index contributed by atoms with van der Waals surface area (Å²) in [6.07, 6.45) is 0. The van der Waals surface area contributed by atoms with Gasteiger partial charge in [-0.15, -0.1) is 0 Å². The van der Waals surface area contributed by atoms with E-state index in [0.29, 0.717) is 26.2 Å². The Morgan fingerprint density at radius 3 is 2.80 bits per heavy atom. The number of hydrogen-bond acceptors (Lipinski definition) is 4. The highest BCUT2D eigenvalue weighted by Crippen LogP contribution is 2.23. The van der Waals surface area contributed by atoms with Gasteiger partial charge < -0.3 is 15.0 Å². The molecule has 1 heterocycles. The van der Waals surface area contributed by atoms with Gasteiger partial charge in [-0.1, -0.05) is 12.1 Å². The van der Waals surface area contributed by atoms with Gasteiger partial charge >= 0.3 is 0 Å². The zero-order valence-corrected chi connectivity index (χ0v) is 16.4. The SMILES string of the molecule is CCNC(=NCCOc1cccc(C)c1)N1CCS(=O)(=O)C(C)(C)C1. The van der Waals surface area contributed by atoms with Gasteiger partial charge in [0.25, 0.3) is 0 Å². The van der Waals surface area contributed by atoms with E-state index in [4.69, 9.17) is 4.74 Å². The van der Waals surface area contributed by atoms with Crippen LogP contribution in [0.5, 0.6) is 5.75 Å². The monoisotopic (exact) mass is 367 g/mol. The van der Waals surface area contributed by atoms with Crippen LogP contribution in [-0.4, -0.2) is 62.6 Å². The summed E-state index contributed by atoms with van der Waals surface area (Å²) in [7, 11) is -3.06. The van der Waals surface area contributed by atoms with Crippen LogP contribution in [0.4, 0.5) is 0 Å². The van der Waals surface area contributed by atoms with Gasteiger partial charge in [-0.25, -0.2) is 13.4 Å². The molecule has 0 bridgehead atoms. The zero-order valence-electron chi connectivity index (χ0n) is 15.6. The van der Waals surface area contributed by atoms with Gasteiger partial charge in [0.15, 0.2) is 15.8 Å². The molecular formula is C18H29N3O3S. The second-order valence-corrected chi connectivity index (χ2v) is 9.64. The molecular weight excluding hydrogens is 338 g/mol. The van der Waals surface area contributed by atoms with Crippen molar-refractivity contribution in [2.24, 2.45) is 4.99 Å². The van der Waals surface area contributed by atoms with Crippen LogP contribution < -0.4 is 10.1 Å². The number of nitrogens with zero attached hydrogens (tertiary/aromatic N) is 2. The fourth-order valence-corrected chi connectivity index (χ4v) is 4.14. The quantitative estimate of drug-likeness (QED) is 0.489. The van der Waals surface area contributed by atoms with Gasteiger partial charge in [0, 0.05) is 19.6 Å². The topological polar surface area (TPSA) is 71.0 Å². The van der Waals surface area contributed by atoms with Crippen molar-refractivity contribution in [2.45, 2.75) is 32.4 Å². The fraction of sp³-hybridized carbons (Fsp3) is 0.611. The Morgan fingerprint density at radius 2 is 2.16 bits per heavy atom. The van der Waals surface area contributed by atoms with E-state index >= 15 is 0 Å². The van der Waals surface area contributed by atoms with E-state index < -0.39 is 14.6 Å². The second kappa shape index (κ2) is 8.08. The third kappa shape index (κ3) is 5.11. The molecule has 140 valence electrons. The van der Waals surface area contributed by atoms with Crippen molar-refractivity contribution >= 4 is 15.8 Å². The molecule has 1 aliphatic heterocycles. The molecule has 1 saturated heterocycles. The molecule has 0 unspecified atom stereocenters. The highest BCUT2D eigenvalue weighted by Gasteiger charge is 2.40. The van der Waals surface area contributed by atoms with Gasteiger partial charge in [0.2, 0.25) is 0 Å². The molecule has 0 atom stereocenters. The summed E-state index contributed by atoms with van der Waals surface area (Å²) in [5.74, 6) is 1.74. The maximum atomic E-state index is 12.2. The summed E-state index contributed by atoms with van der Waals surface area (Å²) >= 11 is 0. The van der Waals surface area contributed by atoms with Gasteiger partial charge in [-0.3, -0.25) is 0 Å². The first-order valence-electron chi connectivity index (χ1n) is 8.70. The normalized spacial score (nSPS) is 19.5. The summed E-state index contributed by atoms with van der Waals surface area (Å²) in [6, 6.07) is 7.92. The van der Waals surface area contributed by atoms with Crippen molar-refractivity contribution in [3.8, 4) is 5.75 Å². The van der Waals surface area contributed by atoms with E-state index in [2.05, 4.69) is 10.3 Å². The van der Waals surface area contributed by atoms with Crippen molar-refractivity contribution in [2.75, 3.05) is 38.5 Å². The molecule has 0 amide bonds. The molecule has 0 saturated carbocycles. The van der Waals surface area contributed by atoms with E-state index in [1.165, 1.54) is 0 Å². The number of aryl methyl sites for hydroxylation is 1. The predicted molar refractivity (Wildman–Crippen MR) is 102 cm³/mol. The molecule has 1 aromatic carbocycles. The number of hydrogen-bond donors (Lipinski definition) is 1. The number of guanidine groups is 1. The summed E-state index contributed by atoms with van der Waals surface area (Å²) in [5.41, 5.74) is 1.16. The zero-order chi connectivity index (χ0) is 18.5. The largest absolute Gasteiger partial charge is 0.492 e. The van der Waals surface area contributed by atoms with Crippen molar-refractivity contribution in [3.63, 3.8) is 0 Å². The molecule has 1 N–H and O–H groups in total. The fourth-order valence-electron chi connectivity index (χ4n) is 2.77. The number of benzene rings is 1. The Labute approximate surface area is 151 Å². The lowest BCUT2D eigenvalue weighted by atomic mass is 10.2. The summed E-state index contributed by atoms with van der Waals surface area (Å²) in [4.78, 5) is 6.62. The number of rotatable bonds is 5. The minimum Gasteiger partial charge on any atom is -0.492 e. The highest BCUT2D eigenvalue weighted by atomic mass is 32.2. The van der Waals surface area contributed by atoms with Crippen LogP contribution in [0.3, 0.4) is 0 Å². The summed E-state index contributed by atoms with van der Waals surface area (Å²) in [5, 5.41) is 3.25. The molecule has 2 rings (SSSR count). The molecule has 1 fully saturated rings. The van der Waals surface area contributed by atoms with E-state index in [0.717, 1.165) is 23.8 Å². The van der Waals surface area contributed by atoms with Crippen LogP contribution in [0, 0.1) is 6.92 Å². The lowest BCUT2D eigenvalue weighted by Gasteiger charge is -2.39. The predicted octanol–water partition coefficient (Wildman–Crippen LogP) is 1.85. The molecule has 0 aromatic heterocycles. The number of aliphatic imine (C=N–C) groups is 1. The summed E-state index contributed by atoms with van der Waals surface area (Å²) in [6.45, 7) is 10.2. The lowest BCUT2D eigenvalue weighted by Crippen LogP contribution is -2.57. The van der Waals surface area contributed by atoms with Crippen LogP contribution in [0.1, 0.15) is 26.3 Å². The number of nitrogens with one attached hydrogen (secondary N) is 1. The molecule has 7 heteroatoms. The Morgan fingerprint density at radius 1 is 1.40 bits per heavy atom. The van der Waals surface area contributed by atoms with Crippen molar-refractivity contribution < 1.29 is 13.2 Å². The van der Waals surface area contributed by atoms with Gasteiger partial charge in [0.05, 0.1) is 17.0 Å². The first-order chi connectivity index (χ1) is 11.7. The first kappa shape index (κ1) is 19.6. The average Bonchev–Trinajstić information content (AvgIpc) is 2.53. The Balaban J connectivity index is 1.96. The molecule has 1 aromatic rings. The first-order valence-corrected chi connectivity index (χ1v) is 10.4. The van der Waals surface area contributed by atoms with Crippen LogP contribution in [0.15, 0.2) is 29.3 Å². The molecule has 1 aliphatic rings. The molecule has 25 heavy (non-hydrogen) atoms. The van der Waals surface area contributed by atoms with Crippen LogP contribution >= 0.6 is 0 Å². The Hall–Kier alpha value is -1.76. The van der Waals surface area contributed by atoms with Crippen molar-refractivity contribution in [1.82, 2.24) is 10.2 Å². The van der Waals surface area contributed by atoms with E-state index in [9.17, 15) is 8.42 Å². The number of ether oxygens (including phenoxy) is 1. The van der Waals surface area contributed by atoms with Gasteiger partial charge in [-0.2, -0.15) is 0 Å². The molecule has 0 aliphatic carbocycles. The van der Waals surface area contributed by atoms with Crippen LogP contribution in [0.25, 0.3) is 0 Å². The molecule has 0 radical (unpaired) electrons. The number of sulfone groups is 1. The van der Waals surface area contributed by atoms with Crippen molar-refractivity contribution in [3.05, 3.63) is 29.8 Å². The van der Waals surface area contributed by atoms with Crippen molar-refractivity contribution in [1.29, 1.82) is 0 Å². The average molecular weight is 368 g/mol.